The molecule has 2 heterocycles. The lowest BCUT2D eigenvalue weighted by Crippen LogP contribution is -2.31. The molecule has 0 spiro atoms. The Morgan fingerprint density at radius 2 is 2.00 bits per heavy atom. The van der Waals surface area contributed by atoms with Crippen LogP contribution >= 0.6 is 27.3 Å². The third-order valence-electron chi connectivity index (χ3n) is 3.49. The number of rotatable bonds is 3. The number of thiophene rings is 1. The number of nitrogens with one attached hydrogen (secondary N) is 1. The van der Waals surface area contributed by atoms with E-state index < -0.39 is 10.0 Å². The van der Waals surface area contributed by atoms with Gasteiger partial charge in [-0.25, -0.2) is 8.42 Å². The van der Waals surface area contributed by atoms with Gasteiger partial charge in [0, 0.05) is 24.8 Å². The Bertz CT molecular complexity index is 846. The van der Waals surface area contributed by atoms with E-state index in [0.717, 1.165) is 26.4 Å². The van der Waals surface area contributed by atoms with Crippen molar-refractivity contribution in [3.8, 4) is 0 Å². The van der Waals surface area contributed by atoms with Crippen molar-refractivity contribution in [1.29, 1.82) is 0 Å². The van der Waals surface area contributed by atoms with E-state index in [1.165, 1.54) is 0 Å². The molecule has 1 aromatic carbocycles. The molecule has 0 aliphatic carbocycles. The molecule has 22 heavy (non-hydrogen) atoms. The van der Waals surface area contributed by atoms with Crippen LogP contribution in [0.25, 0.3) is 0 Å². The van der Waals surface area contributed by atoms with Crippen LogP contribution in [0.15, 0.2) is 38.3 Å². The number of anilines is 2. The van der Waals surface area contributed by atoms with Crippen molar-refractivity contribution in [2.24, 2.45) is 0 Å². The molecule has 5 nitrogen and oxygen atoms in total. The molecule has 0 saturated carbocycles. The normalized spacial score (nSPS) is 14.8. The summed E-state index contributed by atoms with van der Waals surface area (Å²) >= 11 is 4.42. The topological polar surface area (TPSA) is 66.5 Å². The van der Waals surface area contributed by atoms with Crippen molar-refractivity contribution >= 4 is 54.6 Å². The largest absolute Gasteiger partial charge is 0.315 e. The second kappa shape index (κ2) is 5.68. The van der Waals surface area contributed by atoms with Crippen LogP contribution in [-0.2, 0) is 21.2 Å². The summed E-state index contributed by atoms with van der Waals surface area (Å²) in [6.45, 7) is 0. The number of carbonyl (C=O) groups excluding carboxylic acids is 1. The summed E-state index contributed by atoms with van der Waals surface area (Å²) in [5.74, 6) is 0.0734. The van der Waals surface area contributed by atoms with Gasteiger partial charge in [0.15, 0.2) is 0 Å². The fraction of sp³-hybridized carbons (Fsp3) is 0.214. The molecule has 116 valence electrons. The summed E-state index contributed by atoms with van der Waals surface area (Å²) in [6.07, 6.45) is 1.07. The maximum Gasteiger partial charge on any atom is 0.271 e. The molecule has 0 unspecified atom stereocenters. The zero-order valence-electron chi connectivity index (χ0n) is 11.7. The highest BCUT2D eigenvalue weighted by molar-refractivity contribution is 9.11. The van der Waals surface area contributed by atoms with Crippen molar-refractivity contribution in [2.45, 2.75) is 17.1 Å². The summed E-state index contributed by atoms with van der Waals surface area (Å²) in [4.78, 5) is 13.3. The van der Waals surface area contributed by atoms with Gasteiger partial charge >= 0.3 is 0 Å². The Labute approximate surface area is 141 Å². The third kappa shape index (κ3) is 2.90. The number of fused-ring (bicyclic) bond motifs is 1. The van der Waals surface area contributed by atoms with E-state index in [1.54, 1.807) is 42.3 Å². The van der Waals surface area contributed by atoms with Gasteiger partial charge in [0.25, 0.3) is 10.0 Å². The lowest BCUT2D eigenvalue weighted by Gasteiger charge is -2.26. The third-order valence-corrected chi connectivity index (χ3v) is 6.99. The first-order chi connectivity index (χ1) is 10.4. The van der Waals surface area contributed by atoms with Crippen LogP contribution < -0.4 is 9.62 Å². The summed E-state index contributed by atoms with van der Waals surface area (Å²) < 4.78 is 28.2. The van der Waals surface area contributed by atoms with Gasteiger partial charge in [0.2, 0.25) is 5.91 Å². The van der Waals surface area contributed by atoms with E-state index in [2.05, 4.69) is 20.7 Å². The Hall–Kier alpha value is -1.38. The van der Waals surface area contributed by atoms with Gasteiger partial charge in [-0.3, -0.25) is 9.52 Å². The molecule has 0 atom stereocenters. The second-order valence-corrected chi connectivity index (χ2v) is 9.33. The number of benzene rings is 1. The molecule has 0 fully saturated rings. The summed E-state index contributed by atoms with van der Waals surface area (Å²) in [6, 6.07) is 8.50. The van der Waals surface area contributed by atoms with Crippen LogP contribution in [0.5, 0.6) is 0 Å². The standard InChI is InChI=1S/C14H13BrN2O3S2/c1-17-11-4-3-10(8-9(11)2-6-13(17)18)16-22(19,20)14-7-5-12(15)21-14/h3-5,7-8,16H,2,6H2,1H3. The average molecular weight is 401 g/mol. The maximum atomic E-state index is 12.3. The van der Waals surface area contributed by atoms with Gasteiger partial charge in [-0.05, 0) is 58.2 Å². The van der Waals surface area contributed by atoms with Gasteiger partial charge < -0.3 is 4.90 Å². The minimum absolute atomic E-state index is 0.0734. The number of nitrogens with zero attached hydrogens (tertiary/aromatic N) is 1. The summed E-state index contributed by atoms with van der Waals surface area (Å²) in [7, 11) is -1.86. The first kappa shape index (κ1) is 15.5. The Morgan fingerprint density at radius 1 is 1.23 bits per heavy atom. The van der Waals surface area contributed by atoms with Gasteiger partial charge in [-0.15, -0.1) is 11.3 Å². The fourth-order valence-corrected chi connectivity index (χ4v) is 5.43. The van der Waals surface area contributed by atoms with Crippen LogP contribution in [0.3, 0.4) is 0 Å². The molecule has 1 amide bonds. The van der Waals surface area contributed by atoms with Gasteiger partial charge in [-0.2, -0.15) is 0 Å². The molecule has 1 aliphatic heterocycles. The maximum absolute atomic E-state index is 12.3. The highest BCUT2D eigenvalue weighted by Gasteiger charge is 2.22. The zero-order chi connectivity index (χ0) is 15.9. The predicted octanol–water partition coefficient (Wildman–Crippen LogP) is 3.22. The smallest absolute Gasteiger partial charge is 0.271 e. The Kier molecular flexibility index (Phi) is 4.00. The number of carbonyl (C=O) groups is 1. The number of sulfonamides is 1. The monoisotopic (exact) mass is 400 g/mol. The quantitative estimate of drug-likeness (QED) is 0.859. The number of amides is 1. The number of hydrogen-bond acceptors (Lipinski definition) is 4. The highest BCUT2D eigenvalue weighted by Crippen LogP contribution is 2.31. The average Bonchev–Trinajstić information content (AvgIpc) is 2.90. The molecular formula is C14H13BrN2O3S2. The molecule has 2 aromatic rings. The molecular weight excluding hydrogens is 388 g/mol. The minimum Gasteiger partial charge on any atom is -0.315 e. The van der Waals surface area contributed by atoms with E-state index >= 15 is 0 Å². The van der Waals surface area contributed by atoms with Crippen molar-refractivity contribution < 1.29 is 13.2 Å². The lowest BCUT2D eigenvalue weighted by atomic mass is 10.0. The van der Waals surface area contributed by atoms with Crippen molar-refractivity contribution in [3.63, 3.8) is 0 Å². The van der Waals surface area contributed by atoms with Crippen LogP contribution in [-0.4, -0.2) is 21.4 Å². The molecule has 3 rings (SSSR count). The molecule has 0 saturated heterocycles. The minimum atomic E-state index is -3.59. The number of aryl methyl sites for hydroxylation is 1. The van der Waals surface area contributed by atoms with Gasteiger partial charge in [0.05, 0.1) is 3.79 Å². The molecule has 0 bridgehead atoms. The molecule has 1 aromatic heterocycles. The SMILES string of the molecule is CN1C(=O)CCc2cc(NS(=O)(=O)c3ccc(Br)s3)ccc21. The predicted molar refractivity (Wildman–Crippen MR) is 91.0 cm³/mol. The van der Waals surface area contributed by atoms with E-state index in [0.29, 0.717) is 18.5 Å². The first-order valence-electron chi connectivity index (χ1n) is 6.54. The van der Waals surface area contributed by atoms with Crippen molar-refractivity contribution in [3.05, 3.63) is 39.7 Å². The van der Waals surface area contributed by atoms with Gasteiger partial charge in [0.1, 0.15) is 4.21 Å². The molecule has 1 aliphatic rings. The lowest BCUT2D eigenvalue weighted by molar-refractivity contribution is -0.118. The van der Waals surface area contributed by atoms with Crippen molar-refractivity contribution in [1.82, 2.24) is 0 Å². The first-order valence-corrected chi connectivity index (χ1v) is 9.64. The zero-order valence-corrected chi connectivity index (χ0v) is 14.9. The van der Waals surface area contributed by atoms with Crippen LogP contribution in [0.4, 0.5) is 11.4 Å². The van der Waals surface area contributed by atoms with E-state index in [4.69, 9.17) is 0 Å². The molecule has 0 radical (unpaired) electrons. The second-order valence-electron chi connectivity index (χ2n) is 4.96. The molecule has 1 N–H and O–H groups in total. The number of halogens is 1. The number of hydrogen-bond donors (Lipinski definition) is 1. The summed E-state index contributed by atoms with van der Waals surface area (Å²) in [5, 5.41) is 0. The van der Waals surface area contributed by atoms with Crippen LogP contribution in [0.2, 0.25) is 0 Å². The van der Waals surface area contributed by atoms with E-state index in [-0.39, 0.29) is 10.1 Å². The fourth-order valence-electron chi connectivity index (χ4n) is 2.37. The van der Waals surface area contributed by atoms with Gasteiger partial charge in [-0.1, -0.05) is 0 Å². The Balaban J connectivity index is 1.89. The van der Waals surface area contributed by atoms with Crippen molar-refractivity contribution in [2.75, 3.05) is 16.7 Å². The van der Waals surface area contributed by atoms with E-state index in [1.807, 2.05) is 0 Å². The Morgan fingerprint density at radius 3 is 2.68 bits per heavy atom. The molecule has 8 heteroatoms. The highest BCUT2D eigenvalue weighted by atomic mass is 79.9. The van der Waals surface area contributed by atoms with E-state index in [9.17, 15) is 13.2 Å². The van der Waals surface area contributed by atoms with Crippen LogP contribution in [0.1, 0.15) is 12.0 Å². The van der Waals surface area contributed by atoms with Crippen LogP contribution in [0, 0.1) is 0 Å². The summed E-state index contributed by atoms with van der Waals surface area (Å²) in [5.41, 5.74) is 2.30.